The highest BCUT2D eigenvalue weighted by atomic mass is 32.2. The summed E-state index contributed by atoms with van der Waals surface area (Å²) in [6.45, 7) is -3.45. The number of urea groups is 1. The van der Waals surface area contributed by atoms with E-state index in [0.29, 0.717) is 0 Å². The quantitative estimate of drug-likeness (QED) is 0.575. The largest absolute Gasteiger partial charge is 0.480 e. The molecule has 19 heavy (non-hydrogen) atoms. The first kappa shape index (κ1) is 17.4. The lowest BCUT2D eigenvalue weighted by atomic mass is 10.4. The molecular formula is C7H12F3N3O5S. The van der Waals surface area contributed by atoms with E-state index in [9.17, 15) is 31.2 Å². The molecule has 0 spiro atoms. The van der Waals surface area contributed by atoms with Gasteiger partial charge in [0.1, 0.15) is 13.1 Å². The van der Waals surface area contributed by atoms with Crippen LogP contribution in [0.2, 0.25) is 0 Å². The summed E-state index contributed by atoms with van der Waals surface area (Å²) in [4.78, 5) is 21.6. The SMILES string of the molecule is NS(=O)(=O)CCNC(=O)N(CC(=O)O)CC(F)(F)F. The number of hydrogen-bond donors (Lipinski definition) is 3. The van der Waals surface area contributed by atoms with Gasteiger partial charge in [-0.1, -0.05) is 0 Å². The molecule has 0 aromatic rings. The van der Waals surface area contributed by atoms with E-state index in [-0.39, 0.29) is 4.90 Å². The first-order valence-corrected chi connectivity index (χ1v) is 6.44. The highest BCUT2D eigenvalue weighted by Crippen LogP contribution is 2.16. The van der Waals surface area contributed by atoms with E-state index in [2.05, 4.69) is 5.14 Å². The van der Waals surface area contributed by atoms with E-state index < -0.39 is 53.6 Å². The van der Waals surface area contributed by atoms with Crippen molar-refractivity contribution in [2.45, 2.75) is 6.18 Å². The van der Waals surface area contributed by atoms with Gasteiger partial charge in [0, 0.05) is 6.54 Å². The number of nitrogens with zero attached hydrogens (tertiary/aromatic N) is 1. The predicted molar refractivity (Wildman–Crippen MR) is 56.6 cm³/mol. The van der Waals surface area contributed by atoms with Gasteiger partial charge >= 0.3 is 18.2 Å². The van der Waals surface area contributed by atoms with Crippen LogP contribution in [0.4, 0.5) is 18.0 Å². The average molecular weight is 307 g/mol. The average Bonchev–Trinajstić information content (AvgIpc) is 2.11. The van der Waals surface area contributed by atoms with Crippen molar-refractivity contribution in [3.8, 4) is 0 Å². The monoisotopic (exact) mass is 307 g/mol. The van der Waals surface area contributed by atoms with Crippen molar-refractivity contribution < 1.29 is 36.3 Å². The minimum atomic E-state index is -4.77. The van der Waals surface area contributed by atoms with Gasteiger partial charge in [0.15, 0.2) is 0 Å². The second-order valence-electron chi connectivity index (χ2n) is 3.46. The molecule has 0 radical (unpaired) electrons. The lowest BCUT2D eigenvalue weighted by Crippen LogP contribution is -2.48. The highest BCUT2D eigenvalue weighted by Gasteiger charge is 2.33. The van der Waals surface area contributed by atoms with Crippen LogP contribution in [0.1, 0.15) is 0 Å². The van der Waals surface area contributed by atoms with Crippen molar-refractivity contribution in [1.82, 2.24) is 10.2 Å². The summed E-state index contributed by atoms with van der Waals surface area (Å²) in [6.07, 6.45) is -4.77. The zero-order chi connectivity index (χ0) is 15.3. The lowest BCUT2D eigenvalue weighted by molar-refractivity contribution is -0.148. The second kappa shape index (κ2) is 6.56. The van der Waals surface area contributed by atoms with Crippen LogP contribution < -0.4 is 10.5 Å². The molecule has 8 nitrogen and oxygen atoms in total. The molecule has 0 aliphatic carbocycles. The third-order valence-electron chi connectivity index (χ3n) is 1.65. The predicted octanol–water partition coefficient (Wildman–Crippen LogP) is -1.07. The van der Waals surface area contributed by atoms with Crippen molar-refractivity contribution in [1.29, 1.82) is 0 Å². The summed E-state index contributed by atoms with van der Waals surface area (Å²) >= 11 is 0. The van der Waals surface area contributed by atoms with Gasteiger partial charge in [-0.05, 0) is 0 Å². The molecule has 0 atom stereocenters. The molecule has 0 saturated heterocycles. The Morgan fingerprint density at radius 1 is 1.32 bits per heavy atom. The summed E-state index contributed by atoms with van der Waals surface area (Å²) in [5.41, 5.74) is 0. The number of hydrogen-bond acceptors (Lipinski definition) is 4. The maximum absolute atomic E-state index is 12.1. The number of nitrogens with one attached hydrogen (secondary N) is 1. The lowest BCUT2D eigenvalue weighted by Gasteiger charge is -2.22. The number of nitrogens with two attached hydrogens (primary N) is 1. The fourth-order valence-corrected chi connectivity index (χ4v) is 1.38. The van der Waals surface area contributed by atoms with Crippen molar-refractivity contribution in [2.75, 3.05) is 25.4 Å². The van der Waals surface area contributed by atoms with Gasteiger partial charge in [-0.2, -0.15) is 13.2 Å². The molecule has 0 aromatic carbocycles. The van der Waals surface area contributed by atoms with Crippen LogP contribution in [0, 0.1) is 0 Å². The molecule has 0 fully saturated rings. The number of aliphatic carboxylic acids is 1. The normalized spacial score (nSPS) is 12.0. The fraction of sp³-hybridized carbons (Fsp3) is 0.714. The highest BCUT2D eigenvalue weighted by molar-refractivity contribution is 7.89. The summed E-state index contributed by atoms with van der Waals surface area (Å²) in [5, 5.41) is 14.8. The van der Waals surface area contributed by atoms with Crippen LogP contribution >= 0.6 is 0 Å². The van der Waals surface area contributed by atoms with Gasteiger partial charge in [-0.15, -0.1) is 0 Å². The Morgan fingerprint density at radius 2 is 1.84 bits per heavy atom. The number of primary sulfonamides is 1. The van der Waals surface area contributed by atoms with Gasteiger partial charge in [0.2, 0.25) is 10.0 Å². The Balaban J connectivity index is 4.51. The van der Waals surface area contributed by atoms with Gasteiger partial charge in [0.05, 0.1) is 5.75 Å². The summed E-state index contributed by atoms with van der Waals surface area (Å²) in [7, 11) is -3.88. The minimum absolute atomic E-state index is 0.00846. The summed E-state index contributed by atoms with van der Waals surface area (Å²) in [5.74, 6) is -2.31. The molecule has 0 saturated carbocycles. The molecule has 2 amide bonds. The Hall–Kier alpha value is -1.56. The van der Waals surface area contributed by atoms with Crippen molar-refractivity contribution in [3.05, 3.63) is 0 Å². The molecule has 0 heterocycles. The number of carboxylic acid groups (broad SMARTS) is 1. The van der Waals surface area contributed by atoms with Crippen LogP contribution in [0.25, 0.3) is 0 Å². The van der Waals surface area contributed by atoms with Gasteiger partial charge < -0.3 is 15.3 Å². The van der Waals surface area contributed by atoms with Gasteiger partial charge in [-0.3, -0.25) is 4.79 Å². The first-order chi connectivity index (χ1) is 8.41. The Kier molecular flexibility index (Phi) is 6.02. The molecule has 0 unspecified atom stereocenters. The molecule has 0 rings (SSSR count). The fourth-order valence-electron chi connectivity index (χ4n) is 0.991. The summed E-state index contributed by atoms with van der Waals surface area (Å²) < 4.78 is 57.3. The topological polar surface area (TPSA) is 130 Å². The Labute approximate surface area is 106 Å². The van der Waals surface area contributed by atoms with Crippen molar-refractivity contribution in [2.24, 2.45) is 5.14 Å². The van der Waals surface area contributed by atoms with Crippen LogP contribution in [0.15, 0.2) is 0 Å². The molecule has 0 aliphatic rings. The van der Waals surface area contributed by atoms with Crippen LogP contribution in [-0.4, -0.2) is 62.0 Å². The zero-order valence-corrected chi connectivity index (χ0v) is 10.3. The molecule has 4 N–H and O–H groups in total. The van der Waals surface area contributed by atoms with E-state index in [1.165, 1.54) is 0 Å². The number of carbonyl (C=O) groups excluding carboxylic acids is 1. The van der Waals surface area contributed by atoms with Gasteiger partial charge in [-0.25, -0.2) is 18.4 Å². The van der Waals surface area contributed by atoms with E-state index in [1.54, 1.807) is 0 Å². The molecular weight excluding hydrogens is 295 g/mol. The number of halogens is 3. The molecule has 0 bridgehead atoms. The van der Waals surface area contributed by atoms with Crippen LogP contribution in [-0.2, 0) is 14.8 Å². The molecule has 12 heteroatoms. The first-order valence-electron chi connectivity index (χ1n) is 4.72. The van der Waals surface area contributed by atoms with Crippen LogP contribution in [0.5, 0.6) is 0 Å². The standard InChI is InChI=1S/C7H12F3N3O5S/c8-7(9,10)4-13(3-5(14)15)6(16)12-1-2-19(11,17)18/h1-4H2,(H,12,16)(H,14,15)(H2,11,17,18). The number of amides is 2. The number of carboxylic acids is 1. The third kappa shape index (κ3) is 10.1. The number of alkyl halides is 3. The van der Waals surface area contributed by atoms with Crippen LogP contribution in [0.3, 0.4) is 0 Å². The minimum Gasteiger partial charge on any atom is -0.480 e. The molecule has 0 aliphatic heterocycles. The molecule has 112 valence electrons. The Bertz CT molecular complexity index is 436. The Morgan fingerprint density at radius 3 is 2.21 bits per heavy atom. The number of sulfonamides is 1. The maximum Gasteiger partial charge on any atom is 0.406 e. The van der Waals surface area contributed by atoms with E-state index in [0.717, 1.165) is 0 Å². The zero-order valence-electron chi connectivity index (χ0n) is 9.48. The van der Waals surface area contributed by atoms with E-state index in [4.69, 9.17) is 5.11 Å². The molecule has 0 aromatic heterocycles. The van der Waals surface area contributed by atoms with Crippen molar-refractivity contribution in [3.63, 3.8) is 0 Å². The van der Waals surface area contributed by atoms with Crippen molar-refractivity contribution >= 4 is 22.0 Å². The number of carbonyl (C=O) groups is 2. The van der Waals surface area contributed by atoms with Gasteiger partial charge in [0.25, 0.3) is 0 Å². The van der Waals surface area contributed by atoms with E-state index >= 15 is 0 Å². The smallest absolute Gasteiger partial charge is 0.406 e. The maximum atomic E-state index is 12.1. The van der Waals surface area contributed by atoms with E-state index in [1.807, 2.05) is 5.32 Å². The summed E-state index contributed by atoms with van der Waals surface area (Å²) in [6, 6.07) is -1.34. The second-order valence-corrected chi connectivity index (χ2v) is 5.20. The number of rotatable bonds is 6. The third-order valence-corrected chi connectivity index (χ3v) is 2.42.